The molecule has 1 aliphatic heterocycles. The second kappa shape index (κ2) is 5.34. The summed E-state index contributed by atoms with van der Waals surface area (Å²) in [6.45, 7) is 3.64. The first-order valence-corrected chi connectivity index (χ1v) is 11.6. The van der Waals surface area contributed by atoms with Gasteiger partial charge in [-0.2, -0.15) is 0 Å². The third-order valence-electron chi connectivity index (χ3n) is 10.3. The van der Waals surface area contributed by atoms with Crippen LogP contribution in [0.25, 0.3) is 0 Å². The highest BCUT2D eigenvalue weighted by molar-refractivity contribution is 5.89. The number of aromatic nitrogens is 1. The number of rotatable bonds is 2. The number of hydrogen-bond donors (Lipinski definition) is 1. The van der Waals surface area contributed by atoms with Crippen molar-refractivity contribution < 1.29 is 14.3 Å². The number of H-pyrrole nitrogens is 1. The maximum atomic E-state index is 12.7. The summed E-state index contributed by atoms with van der Waals surface area (Å²) >= 11 is 0. The van der Waals surface area contributed by atoms with Gasteiger partial charge in [0.2, 0.25) is 0 Å². The predicted molar refractivity (Wildman–Crippen MR) is 114 cm³/mol. The molecule has 7 unspecified atom stereocenters. The number of nitrogens with one attached hydrogen (secondary N) is 1. The Morgan fingerprint density at radius 3 is 2.81 bits per heavy atom. The Morgan fingerprint density at radius 1 is 1.29 bits per heavy atom. The summed E-state index contributed by atoms with van der Waals surface area (Å²) in [5, 5.41) is 0. The van der Waals surface area contributed by atoms with Gasteiger partial charge in [-0.3, -0.25) is 4.79 Å². The summed E-state index contributed by atoms with van der Waals surface area (Å²) in [5.41, 5.74) is 5.91. The van der Waals surface area contributed by atoms with Gasteiger partial charge in [0.05, 0.1) is 13.2 Å². The molecule has 7 atom stereocenters. The van der Waals surface area contributed by atoms with Crippen LogP contribution in [-0.2, 0) is 22.3 Å². The smallest absolute Gasteiger partial charge is 0.343 e. The van der Waals surface area contributed by atoms with Gasteiger partial charge in [0.25, 0.3) is 5.56 Å². The van der Waals surface area contributed by atoms with Crippen molar-refractivity contribution in [2.45, 2.75) is 51.2 Å². The molecule has 2 heterocycles. The van der Waals surface area contributed by atoms with Gasteiger partial charge >= 0.3 is 5.97 Å². The Kier molecular flexibility index (Phi) is 3.21. The zero-order valence-electron chi connectivity index (χ0n) is 18.7. The minimum absolute atomic E-state index is 0.0943. The third-order valence-corrected chi connectivity index (χ3v) is 10.3. The number of aromatic amines is 1. The average molecular weight is 423 g/mol. The number of carbonyl (C=O) groups is 1. The Bertz CT molecular complexity index is 1150. The molecule has 0 amide bonds. The zero-order valence-corrected chi connectivity index (χ0v) is 18.7. The Labute approximate surface area is 182 Å². The van der Waals surface area contributed by atoms with Gasteiger partial charge in [0, 0.05) is 42.1 Å². The van der Waals surface area contributed by atoms with Gasteiger partial charge < -0.3 is 19.4 Å². The number of carbonyl (C=O) groups excluding carboxylic acids is 1. The van der Waals surface area contributed by atoms with Gasteiger partial charge in [-0.1, -0.05) is 18.1 Å². The van der Waals surface area contributed by atoms with Gasteiger partial charge in [-0.15, -0.1) is 0 Å². The molecule has 6 heteroatoms. The molecule has 164 valence electrons. The second-order valence-electron chi connectivity index (χ2n) is 11.3. The number of ether oxygens (including phenoxy) is 2. The normalized spacial score (nSPS) is 45.8. The van der Waals surface area contributed by atoms with Crippen molar-refractivity contribution in [3.8, 4) is 0 Å². The Balaban J connectivity index is 1.43. The standard InChI is InChI=1S/C25H30N2O4/c1-23-8-12-7-14(21(29)31-4)20(28)26-16(12)9-25(23)10-24(11-27(2)22(23)24)15-6-5-13-17(18(15)25)19(13)30-3/h7,13,17,19,22H,5-6,8-11H2,1-4H3,(H,26,28). The van der Waals surface area contributed by atoms with E-state index in [1.165, 1.54) is 26.4 Å². The van der Waals surface area contributed by atoms with Crippen molar-refractivity contribution in [2.24, 2.45) is 28.1 Å². The molecule has 1 saturated heterocycles. The summed E-state index contributed by atoms with van der Waals surface area (Å²) in [5.74, 6) is 0.694. The minimum Gasteiger partial charge on any atom is -0.465 e. The van der Waals surface area contributed by atoms with Gasteiger partial charge in [-0.25, -0.2) is 4.79 Å². The van der Waals surface area contributed by atoms with Crippen LogP contribution in [0.5, 0.6) is 0 Å². The van der Waals surface area contributed by atoms with Crippen LogP contribution in [0.2, 0.25) is 0 Å². The first-order chi connectivity index (χ1) is 14.8. The molecule has 0 aromatic carbocycles. The van der Waals surface area contributed by atoms with Crippen LogP contribution in [0.3, 0.4) is 0 Å². The van der Waals surface area contributed by atoms with Crippen molar-refractivity contribution in [1.29, 1.82) is 0 Å². The van der Waals surface area contributed by atoms with E-state index < -0.39 is 5.97 Å². The van der Waals surface area contributed by atoms with E-state index in [9.17, 15) is 9.59 Å². The van der Waals surface area contributed by atoms with E-state index in [0.29, 0.717) is 29.4 Å². The van der Waals surface area contributed by atoms with Crippen molar-refractivity contribution >= 4 is 5.97 Å². The van der Waals surface area contributed by atoms with Crippen molar-refractivity contribution in [3.63, 3.8) is 0 Å². The summed E-state index contributed by atoms with van der Waals surface area (Å²) in [6.07, 6.45) is 5.86. The fourth-order valence-electron chi connectivity index (χ4n) is 9.62. The number of fused-ring (bicyclic) bond motifs is 4. The van der Waals surface area contributed by atoms with Crippen LogP contribution in [0, 0.1) is 28.1 Å². The number of methoxy groups -OCH3 is 2. The molecular formula is C25H30N2O4. The predicted octanol–water partition coefficient (Wildman–Crippen LogP) is 2.32. The minimum atomic E-state index is -0.555. The summed E-state index contributed by atoms with van der Waals surface area (Å²) in [6, 6.07) is 2.35. The third kappa shape index (κ3) is 1.80. The first kappa shape index (κ1) is 18.6. The maximum Gasteiger partial charge on any atom is 0.343 e. The summed E-state index contributed by atoms with van der Waals surface area (Å²) < 4.78 is 10.8. The molecule has 5 aliphatic carbocycles. The summed E-state index contributed by atoms with van der Waals surface area (Å²) in [4.78, 5) is 30.6. The number of pyridine rings is 1. The van der Waals surface area contributed by atoms with E-state index in [1.807, 2.05) is 13.2 Å². The van der Waals surface area contributed by atoms with Crippen LogP contribution in [0.4, 0.5) is 0 Å². The van der Waals surface area contributed by atoms with E-state index in [-0.39, 0.29) is 22.0 Å². The lowest BCUT2D eigenvalue weighted by Gasteiger charge is -2.64. The lowest BCUT2D eigenvalue weighted by molar-refractivity contribution is -0.0801. The molecule has 7 rings (SSSR count). The average Bonchev–Trinajstić information content (AvgIpc) is 3.32. The second-order valence-corrected chi connectivity index (χ2v) is 11.3. The van der Waals surface area contributed by atoms with Crippen LogP contribution < -0.4 is 5.56 Å². The Morgan fingerprint density at radius 2 is 2.10 bits per heavy atom. The molecule has 0 radical (unpaired) electrons. The molecule has 2 saturated carbocycles. The van der Waals surface area contributed by atoms with Gasteiger partial charge in [-0.05, 0) is 62.1 Å². The van der Waals surface area contributed by atoms with Crippen molar-refractivity contribution in [1.82, 2.24) is 9.88 Å². The highest BCUT2D eigenvalue weighted by Gasteiger charge is 2.82. The van der Waals surface area contributed by atoms with Crippen molar-refractivity contribution in [3.05, 3.63) is 44.4 Å². The molecule has 6 nitrogen and oxygen atoms in total. The number of esters is 1. The van der Waals surface area contributed by atoms with E-state index in [1.54, 1.807) is 11.1 Å². The van der Waals surface area contributed by atoms with Gasteiger partial charge in [0.1, 0.15) is 5.56 Å². The van der Waals surface area contributed by atoms with E-state index in [0.717, 1.165) is 30.6 Å². The number of likely N-dealkylation sites (tertiary alicyclic amines) is 1. The van der Waals surface area contributed by atoms with E-state index in [4.69, 9.17) is 9.47 Å². The molecule has 1 N–H and O–H groups in total. The lowest BCUT2D eigenvalue weighted by atomic mass is 9.48. The van der Waals surface area contributed by atoms with E-state index in [2.05, 4.69) is 23.9 Å². The van der Waals surface area contributed by atoms with Crippen LogP contribution in [0.1, 0.15) is 47.8 Å². The number of hydrogen-bond acceptors (Lipinski definition) is 5. The topological polar surface area (TPSA) is 71.6 Å². The maximum absolute atomic E-state index is 12.7. The lowest BCUT2D eigenvalue weighted by Crippen LogP contribution is -2.69. The van der Waals surface area contributed by atoms with E-state index >= 15 is 0 Å². The molecular weight excluding hydrogens is 392 g/mol. The summed E-state index contributed by atoms with van der Waals surface area (Å²) in [7, 11) is 5.47. The molecule has 1 aromatic rings. The highest BCUT2D eigenvalue weighted by atomic mass is 16.5. The van der Waals surface area contributed by atoms with Crippen LogP contribution in [0.15, 0.2) is 22.0 Å². The fourth-order valence-corrected chi connectivity index (χ4v) is 9.62. The van der Waals surface area contributed by atoms with Crippen LogP contribution >= 0.6 is 0 Å². The fraction of sp³-hybridized carbons (Fsp3) is 0.680. The SMILES string of the molecule is COC(=O)c1cc2c([nH]c1=O)CC13CC4(CN(C)C4C1(C)C2)C1=C3C2C(CC1)C2OC. The molecule has 6 aliphatic rings. The molecule has 1 aromatic heterocycles. The quantitative estimate of drug-likeness (QED) is 0.585. The molecule has 3 fully saturated rings. The molecule has 31 heavy (non-hydrogen) atoms. The first-order valence-electron chi connectivity index (χ1n) is 11.6. The zero-order chi connectivity index (χ0) is 21.5. The highest BCUT2D eigenvalue weighted by Crippen LogP contribution is 2.83. The molecule has 2 bridgehead atoms. The largest absolute Gasteiger partial charge is 0.465 e. The van der Waals surface area contributed by atoms with Crippen molar-refractivity contribution in [2.75, 3.05) is 27.8 Å². The van der Waals surface area contributed by atoms with Gasteiger partial charge in [0.15, 0.2) is 0 Å². The monoisotopic (exact) mass is 422 g/mol. The molecule has 2 spiro atoms. The number of nitrogens with zero attached hydrogens (tertiary/aromatic N) is 1. The Hall–Kier alpha value is -1.92. The van der Waals surface area contributed by atoms with Crippen LogP contribution in [-0.4, -0.2) is 55.8 Å².